The molecule has 0 N–H and O–H groups in total. The molecule has 5 atom stereocenters. The first-order chi connectivity index (χ1) is 7.53. The Balaban J connectivity index is 1.80. The van der Waals surface area contributed by atoms with Crippen LogP contribution in [0.15, 0.2) is 0 Å². The van der Waals surface area contributed by atoms with Crippen LogP contribution in [-0.2, 0) is 9.53 Å². The van der Waals surface area contributed by atoms with E-state index < -0.39 is 0 Å². The van der Waals surface area contributed by atoms with Crippen LogP contribution in [0.1, 0.15) is 46.5 Å². The minimum Gasteiger partial charge on any atom is -0.367 e. The van der Waals surface area contributed by atoms with E-state index in [1.54, 1.807) is 0 Å². The van der Waals surface area contributed by atoms with Crippen molar-refractivity contribution < 1.29 is 9.53 Å². The second-order valence-electron chi connectivity index (χ2n) is 6.59. The predicted octanol–water partition coefficient (Wildman–Crippen LogP) is 2.81. The molecule has 16 heavy (non-hydrogen) atoms. The molecular formula is C14H22O2. The lowest BCUT2D eigenvalue weighted by molar-refractivity contribution is -0.169. The van der Waals surface area contributed by atoms with Crippen LogP contribution >= 0.6 is 0 Å². The van der Waals surface area contributed by atoms with Crippen molar-refractivity contribution >= 4 is 5.78 Å². The Labute approximate surface area is 97.7 Å². The van der Waals surface area contributed by atoms with Gasteiger partial charge in [-0.3, -0.25) is 4.79 Å². The SMILES string of the molecule is CCC(C)(C)C(=O)C1OC2CC3CC2CC31. The fourth-order valence-corrected chi connectivity index (χ4v) is 3.91. The maximum absolute atomic E-state index is 12.5. The van der Waals surface area contributed by atoms with Crippen molar-refractivity contribution in [3.05, 3.63) is 0 Å². The predicted molar refractivity (Wildman–Crippen MR) is 62.1 cm³/mol. The molecule has 4 fully saturated rings. The van der Waals surface area contributed by atoms with Crippen LogP contribution in [0.4, 0.5) is 0 Å². The molecule has 5 unspecified atom stereocenters. The number of hydrogen-bond donors (Lipinski definition) is 0. The van der Waals surface area contributed by atoms with Gasteiger partial charge in [-0.05, 0) is 43.4 Å². The third-order valence-electron chi connectivity index (χ3n) is 5.37. The van der Waals surface area contributed by atoms with Crippen molar-refractivity contribution in [3.63, 3.8) is 0 Å². The van der Waals surface area contributed by atoms with Crippen LogP contribution in [-0.4, -0.2) is 18.0 Å². The first kappa shape index (κ1) is 10.8. The number of hydrogen-bond acceptors (Lipinski definition) is 2. The molecule has 0 amide bonds. The highest BCUT2D eigenvalue weighted by atomic mass is 16.5. The Kier molecular flexibility index (Phi) is 2.23. The second kappa shape index (κ2) is 3.32. The quantitative estimate of drug-likeness (QED) is 0.734. The van der Waals surface area contributed by atoms with Gasteiger partial charge in [0.25, 0.3) is 0 Å². The summed E-state index contributed by atoms with van der Waals surface area (Å²) in [5.41, 5.74) is -0.202. The lowest BCUT2D eigenvalue weighted by Gasteiger charge is -2.43. The maximum Gasteiger partial charge on any atom is 0.167 e. The molecule has 4 aliphatic rings. The normalized spacial score (nSPS) is 45.3. The van der Waals surface area contributed by atoms with Crippen LogP contribution in [0, 0.1) is 23.2 Å². The first-order valence-electron chi connectivity index (χ1n) is 6.72. The van der Waals surface area contributed by atoms with Gasteiger partial charge in [0.15, 0.2) is 5.78 Å². The standard InChI is InChI=1S/C14H22O2/c1-4-14(2,3)13(15)12-10-6-9-5-8(10)7-11(9)16-12/h8-12H,4-7H2,1-3H3. The second-order valence-corrected chi connectivity index (χ2v) is 6.59. The van der Waals surface area contributed by atoms with Gasteiger partial charge in [-0.1, -0.05) is 20.8 Å². The van der Waals surface area contributed by atoms with Gasteiger partial charge in [0.2, 0.25) is 0 Å². The topological polar surface area (TPSA) is 26.3 Å². The molecule has 2 aliphatic heterocycles. The number of rotatable bonds is 3. The third-order valence-corrected chi connectivity index (χ3v) is 5.37. The lowest BCUT2D eigenvalue weighted by atomic mass is 9.72. The Morgan fingerprint density at radius 2 is 2.00 bits per heavy atom. The number of ketones is 1. The molecule has 2 aliphatic carbocycles. The van der Waals surface area contributed by atoms with E-state index in [1.807, 2.05) is 0 Å². The molecule has 0 radical (unpaired) electrons. The first-order valence-corrected chi connectivity index (χ1v) is 6.72. The summed E-state index contributed by atoms with van der Waals surface area (Å²) in [4.78, 5) is 12.5. The summed E-state index contributed by atoms with van der Waals surface area (Å²) in [6.07, 6.45) is 5.06. The van der Waals surface area contributed by atoms with Crippen molar-refractivity contribution in [2.45, 2.75) is 58.7 Å². The number of fused-ring (bicyclic) bond motifs is 1. The highest BCUT2D eigenvalue weighted by Gasteiger charge is 2.57. The van der Waals surface area contributed by atoms with Gasteiger partial charge in [-0.25, -0.2) is 0 Å². The van der Waals surface area contributed by atoms with E-state index in [4.69, 9.17) is 4.74 Å². The molecular weight excluding hydrogens is 200 g/mol. The van der Waals surface area contributed by atoms with Crippen molar-refractivity contribution in [1.82, 2.24) is 0 Å². The Bertz CT molecular complexity index is 319. The van der Waals surface area contributed by atoms with Crippen molar-refractivity contribution in [1.29, 1.82) is 0 Å². The zero-order valence-corrected chi connectivity index (χ0v) is 10.5. The molecule has 0 spiro atoms. The summed E-state index contributed by atoms with van der Waals surface area (Å²) >= 11 is 0. The van der Waals surface area contributed by atoms with Crippen LogP contribution in [0.3, 0.4) is 0 Å². The zero-order chi connectivity index (χ0) is 11.5. The van der Waals surface area contributed by atoms with E-state index in [2.05, 4.69) is 20.8 Å². The monoisotopic (exact) mass is 222 g/mol. The van der Waals surface area contributed by atoms with Gasteiger partial charge in [-0.15, -0.1) is 0 Å². The highest BCUT2D eigenvalue weighted by molar-refractivity contribution is 5.88. The average Bonchev–Trinajstić information content (AvgIpc) is 2.83. The molecule has 2 heteroatoms. The Morgan fingerprint density at radius 3 is 2.50 bits per heavy atom. The zero-order valence-electron chi connectivity index (χ0n) is 10.5. The van der Waals surface area contributed by atoms with Gasteiger partial charge in [0.1, 0.15) is 6.10 Å². The van der Waals surface area contributed by atoms with Gasteiger partial charge in [0, 0.05) is 5.41 Å². The summed E-state index contributed by atoms with van der Waals surface area (Å²) in [5, 5.41) is 0. The van der Waals surface area contributed by atoms with Crippen LogP contribution in [0.5, 0.6) is 0 Å². The van der Waals surface area contributed by atoms with E-state index in [0.29, 0.717) is 17.8 Å². The van der Waals surface area contributed by atoms with Crippen molar-refractivity contribution in [2.75, 3.05) is 0 Å². The molecule has 4 rings (SSSR count). The van der Waals surface area contributed by atoms with E-state index >= 15 is 0 Å². The smallest absolute Gasteiger partial charge is 0.167 e. The fourth-order valence-electron chi connectivity index (χ4n) is 3.91. The van der Waals surface area contributed by atoms with E-state index in [0.717, 1.165) is 18.3 Å². The summed E-state index contributed by atoms with van der Waals surface area (Å²) in [6, 6.07) is 0. The number of Topliss-reactive ketones (excluding diaryl/α,β-unsaturated/α-hetero) is 1. The minimum atomic E-state index is -0.202. The maximum atomic E-state index is 12.5. The van der Waals surface area contributed by atoms with E-state index in [9.17, 15) is 4.79 Å². The summed E-state index contributed by atoms with van der Waals surface area (Å²) in [6.45, 7) is 6.22. The number of ether oxygens (including phenoxy) is 1. The summed E-state index contributed by atoms with van der Waals surface area (Å²) in [7, 11) is 0. The minimum absolute atomic E-state index is 0.0718. The van der Waals surface area contributed by atoms with Crippen LogP contribution < -0.4 is 0 Å². The molecule has 0 aromatic carbocycles. The molecule has 2 heterocycles. The molecule has 0 aromatic rings. The number of carbonyl (C=O) groups is 1. The van der Waals surface area contributed by atoms with Crippen molar-refractivity contribution in [2.24, 2.45) is 23.2 Å². The molecule has 90 valence electrons. The molecule has 2 saturated heterocycles. The Hall–Kier alpha value is -0.370. The van der Waals surface area contributed by atoms with E-state index in [-0.39, 0.29) is 11.5 Å². The number of carbonyl (C=O) groups excluding carboxylic acids is 1. The highest BCUT2D eigenvalue weighted by Crippen LogP contribution is 2.56. The van der Waals surface area contributed by atoms with Gasteiger partial charge >= 0.3 is 0 Å². The van der Waals surface area contributed by atoms with E-state index in [1.165, 1.54) is 19.3 Å². The molecule has 2 nitrogen and oxygen atoms in total. The summed E-state index contributed by atoms with van der Waals surface area (Å²) in [5.74, 6) is 2.48. The average molecular weight is 222 g/mol. The fraction of sp³-hybridized carbons (Fsp3) is 0.929. The van der Waals surface area contributed by atoms with Crippen LogP contribution in [0.2, 0.25) is 0 Å². The largest absolute Gasteiger partial charge is 0.367 e. The summed E-state index contributed by atoms with van der Waals surface area (Å²) < 4.78 is 6.04. The molecule has 2 saturated carbocycles. The van der Waals surface area contributed by atoms with Crippen LogP contribution in [0.25, 0.3) is 0 Å². The molecule has 4 bridgehead atoms. The Morgan fingerprint density at radius 1 is 1.25 bits per heavy atom. The van der Waals surface area contributed by atoms with Gasteiger partial charge in [0.05, 0.1) is 6.10 Å². The lowest BCUT2D eigenvalue weighted by Crippen LogP contribution is -2.50. The van der Waals surface area contributed by atoms with Gasteiger partial charge < -0.3 is 4.74 Å². The van der Waals surface area contributed by atoms with Gasteiger partial charge in [-0.2, -0.15) is 0 Å². The molecule has 0 aromatic heterocycles. The third kappa shape index (κ3) is 1.32. The van der Waals surface area contributed by atoms with Crippen molar-refractivity contribution in [3.8, 4) is 0 Å².